The molecule has 0 radical (unpaired) electrons. The molecule has 0 aromatic heterocycles. The lowest BCUT2D eigenvalue weighted by Gasteiger charge is -2.50. The van der Waals surface area contributed by atoms with E-state index in [1.807, 2.05) is 0 Å². The van der Waals surface area contributed by atoms with Crippen molar-refractivity contribution in [1.82, 2.24) is 25.8 Å². The van der Waals surface area contributed by atoms with Crippen molar-refractivity contribution in [3.05, 3.63) is 0 Å². The summed E-state index contributed by atoms with van der Waals surface area (Å²) < 4.78 is 54.0. The molecular weight excluding hydrogens is 953 g/mol. The summed E-state index contributed by atoms with van der Waals surface area (Å²) in [6.07, 6.45) is -14.0. The minimum Gasteiger partial charge on any atom is -0.465 e. The smallest absolute Gasteiger partial charge is 0.410 e. The fourth-order valence-electron chi connectivity index (χ4n) is 8.84. The first kappa shape index (κ1) is 60.7. The molecule has 10 N–H and O–H groups in total. The standard InChI is InChI=1S/C47H84N6O19/c1-44(2,3)70-40(58)50-27-18-17-26(24-53(43(62)72-46(7,8)9)20-22-65-31-16-12-13-21-64-31)67-38(27)68-35-29(51-41(59)71-45(4,5)6)23-28(49-37(57)30(54)15-14-19-48)34(32(35)55)69-39-33(56)36(52(11)42(60)61)47(10,63)25-66-39/h26-36,38-39,54-56,63H,12-25,48H2,1-11H3,(H,49,57)(H,50,58)(H,51,59)(H,60,61)/t26-,27+,28+,29-,30-,31?,32+,33+,34-,35+,36+,38+,39+,47-/m0/s1. The molecule has 1 aliphatic carbocycles. The Balaban J connectivity index is 1.76. The van der Waals surface area contributed by atoms with Crippen LogP contribution < -0.4 is 21.7 Å². The summed E-state index contributed by atoms with van der Waals surface area (Å²) in [7, 11) is 1.14. The second kappa shape index (κ2) is 26.1. The number of ether oxygens (including phenoxy) is 9. The molecule has 416 valence electrons. The van der Waals surface area contributed by atoms with Crippen molar-refractivity contribution >= 4 is 30.3 Å². The number of hydrogen-bond donors (Lipinski definition) is 9. The molecule has 1 saturated carbocycles. The van der Waals surface area contributed by atoms with E-state index in [0.717, 1.165) is 19.9 Å². The highest BCUT2D eigenvalue weighted by Crippen LogP contribution is 2.35. The topological polar surface area (TPSA) is 338 Å². The van der Waals surface area contributed by atoms with Crippen molar-refractivity contribution in [1.29, 1.82) is 0 Å². The van der Waals surface area contributed by atoms with Crippen molar-refractivity contribution in [3.8, 4) is 0 Å². The Morgan fingerprint density at radius 2 is 1.38 bits per heavy atom. The van der Waals surface area contributed by atoms with E-state index >= 15 is 0 Å². The number of rotatable bonds is 18. The van der Waals surface area contributed by atoms with Gasteiger partial charge in [-0.05, 0) is 127 Å². The van der Waals surface area contributed by atoms with Gasteiger partial charge in [-0.1, -0.05) is 0 Å². The summed E-state index contributed by atoms with van der Waals surface area (Å²) in [5, 5.41) is 64.3. The van der Waals surface area contributed by atoms with Crippen LogP contribution in [0.4, 0.5) is 19.2 Å². The highest BCUT2D eigenvalue weighted by molar-refractivity contribution is 5.81. The van der Waals surface area contributed by atoms with E-state index in [1.54, 1.807) is 62.3 Å². The van der Waals surface area contributed by atoms with Gasteiger partial charge in [0.15, 0.2) is 18.9 Å². The first-order chi connectivity index (χ1) is 33.4. The molecule has 72 heavy (non-hydrogen) atoms. The lowest BCUT2D eigenvalue weighted by atomic mass is 9.82. The van der Waals surface area contributed by atoms with Crippen LogP contribution in [0.15, 0.2) is 0 Å². The number of hydrogen-bond acceptors (Lipinski definition) is 19. The van der Waals surface area contributed by atoms with Gasteiger partial charge in [0.2, 0.25) is 5.91 Å². The minimum absolute atomic E-state index is 0.0310. The predicted molar refractivity (Wildman–Crippen MR) is 254 cm³/mol. The van der Waals surface area contributed by atoms with Gasteiger partial charge < -0.3 is 99.6 Å². The van der Waals surface area contributed by atoms with Crippen LogP contribution in [0.1, 0.15) is 121 Å². The Morgan fingerprint density at radius 3 is 1.93 bits per heavy atom. The normalized spacial score (nSPS) is 31.8. The Kier molecular flexibility index (Phi) is 21.9. The van der Waals surface area contributed by atoms with Gasteiger partial charge in [-0.25, -0.2) is 19.2 Å². The lowest BCUT2D eigenvalue weighted by molar-refractivity contribution is -0.314. The van der Waals surface area contributed by atoms with Gasteiger partial charge in [0.1, 0.15) is 52.9 Å². The van der Waals surface area contributed by atoms with E-state index in [0.29, 0.717) is 17.9 Å². The summed E-state index contributed by atoms with van der Waals surface area (Å²) in [5.41, 5.74) is 0.924. The van der Waals surface area contributed by atoms with Crippen LogP contribution in [0.25, 0.3) is 0 Å². The lowest BCUT2D eigenvalue weighted by Crippen LogP contribution is -2.70. The number of carboxylic acid groups (broad SMARTS) is 1. The maximum Gasteiger partial charge on any atom is 0.410 e. The summed E-state index contributed by atoms with van der Waals surface area (Å²) in [6.45, 7) is 16.7. The maximum atomic E-state index is 13.7. The average Bonchev–Trinajstić information content (AvgIpc) is 3.24. The molecule has 1 unspecified atom stereocenters. The van der Waals surface area contributed by atoms with E-state index in [-0.39, 0.29) is 58.3 Å². The Labute approximate surface area is 422 Å². The highest BCUT2D eigenvalue weighted by Gasteiger charge is 2.55. The van der Waals surface area contributed by atoms with Crippen LogP contribution in [0.5, 0.6) is 0 Å². The van der Waals surface area contributed by atoms with Crippen LogP contribution >= 0.6 is 0 Å². The van der Waals surface area contributed by atoms with Crippen molar-refractivity contribution in [2.75, 3.05) is 46.5 Å². The van der Waals surface area contributed by atoms with Gasteiger partial charge in [-0.2, -0.15) is 0 Å². The van der Waals surface area contributed by atoms with E-state index in [1.165, 1.54) is 11.8 Å². The largest absolute Gasteiger partial charge is 0.465 e. The zero-order valence-corrected chi connectivity index (χ0v) is 43.8. The number of nitrogens with zero attached hydrogens (tertiary/aromatic N) is 2. The van der Waals surface area contributed by atoms with Gasteiger partial charge in [0.05, 0.1) is 50.0 Å². The number of nitrogens with one attached hydrogen (secondary N) is 3. The molecule has 3 aliphatic heterocycles. The average molecular weight is 1040 g/mol. The van der Waals surface area contributed by atoms with Crippen molar-refractivity contribution < 1.29 is 92.1 Å². The molecule has 14 atom stereocenters. The van der Waals surface area contributed by atoms with E-state index < -0.39 is 139 Å². The van der Waals surface area contributed by atoms with Gasteiger partial charge in [0.25, 0.3) is 0 Å². The van der Waals surface area contributed by atoms with Crippen molar-refractivity contribution in [2.45, 2.75) is 223 Å². The van der Waals surface area contributed by atoms with E-state index in [9.17, 15) is 49.5 Å². The SMILES string of the molecule is CN(C(=O)O)[C@@H]1[C@@H](O)[C@@H](O[C@@H]2[C@@H](O)[C@H](O[C@H]3O[C@H](CN(CCOC4CCCCO4)C(=O)OC(C)(C)C)CC[C@H]3NC(=O)OC(C)(C)C)[C@@H](NC(=O)OC(C)(C)C)C[C@H]2NC(=O)[C@@H](O)CCCN)OC[C@]1(C)O. The number of alkyl carbamates (subject to hydrolysis) is 2. The fourth-order valence-corrected chi connectivity index (χ4v) is 8.84. The first-order valence-corrected chi connectivity index (χ1v) is 24.9. The molecule has 0 bridgehead atoms. The second-order valence-electron chi connectivity index (χ2n) is 22.2. The van der Waals surface area contributed by atoms with Gasteiger partial charge in [0, 0.05) is 20.2 Å². The monoisotopic (exact) mass is 1040 g/mol. The van der Waals surface area contributed by atoms with Crippen LogP contribution in [0.2, 0.25) is 0 Å². The Morgan fingerprint density at radius 1 is 0.792 bits per heavy atom. The predicted octanol–water partition coefficient (Wildman–Crippen LogP) is 1.62. The molecule has 4 fully saturated rings. The van der Waals surface area contributed by atoms with Crippen molar-refractivity contribution in [2.24, 2.45) is 5.73 Å². The van der Waals surface area contributed by atoms with Crippen LogP contribution in [0.3, 0.4) is 0 Å². The summed E-state index contributed by atoms with van der Waals surface area (Å²) in [4.78, 5) is 68.6. The third-order valence-corrected chi connectivity index (χ3v) is 12.1. The fraction of sp³-hybridized carbons (Fsp3) is 0.894. The van der Waals surface area contributed by atoms with E-state index in [4.69, 9.17) is 48.4 Å². The molecule has 0 aromatic carbocycles. The summed E-state index contributed by atoms with van der Waals surface area (Å²) >= 11 is 0. The number of nitrogens with two attached hydrogens (primary N) is 1. The number of aliphatic hydroxyl groups excluding tert-OH is 3. The highest BCUT2D eigenvalue weighted by atomic mass is 16.7. The molecule has 0 spiro atoms. The zero-order chi connectivity index (χ0) is 53.9. The summed E-state index contributed by atoms with van der Waals surface area (Å²) in [6, 6.07) is -5.09. The molecule has 0 aromatic rings. The number of carbonyl (C=O) groups is 5. The minimum atomic E-state index is -1.92. The molecule has 25 nitrogen and oxygen atoms in total. The zero-order valence-electron chi connectivity index (χ0n) is 43.8. The van der Waals surface area contributed by atoms with Gasteiger partial charge in [-0.3, -0.25) is 4.79 Å². The number of aliphatic hydroxyl groups is 4. The molecule has 25 heteroatoms. The van der Waals surface area contributed by atoms with E-state index in [2.05, 4.69) is 16.0 Å². The van der Waals surface area contributed by atoms with Crippen LogP contribution in [-0.2, 0) is 47.4 Å². The quantitative estimate of drug-likeness (QED) is 0.0881. The second-order valence-corrected chi connectivity index (χ2v) is 22.2. The molecule has 4 aliphatic rings. The molecule has 5 amide bonds. The van der Waals surface area contributed by atoms with Crippen molar-refractivity contribution in [3.63, 3.8) is 0 Å². The molecule has 3 heterocycles. The number of amides is 5. The first-order valence-electron chi connectivity index (χ1n) is 24.9. The third kappa shape index (κ3) is 18.8. The Bertz CT molecular complexity index is 1770. The maximum absolute atomic E-state index is 13.7. The van der Waals surface area contributed by atoms with Gasteiger partial charge >= 0.3 is 24.4 Å². The Hall–Kier alpha value is -3.89. The number of likely N-dealkylation sites (N-methyl/N-ethyl adjacent to an activating group) is 1. The molecular formula is C47H84N6O19. The van der Waals surface area contributed by atoms with Crippen LogP contribution in [-0.4, -0.2) is 214 Å². The molecule has 4 rings (SSSR count). The van der Waals surface area contributed by atoms with Crippen LogP contribution in [0, 0.1) is 0 Å². The summed E-state index contributed by atoms with van der Waals surface area (Å²) in [5.74, 6) is -0.896. The molecule has 3 saturated heterocycles. The number of carbonyl (C=O) groups excluding carboxylic acids is 4. The third-order valence-electron chi connectivity index (χ3n) is 12.1. The van der Waals surface area contributed by atoms with Gasteiger partial charge in [-0.15, -0.1) is 0 Å².